The van der Waals surface area contributed by atoms with Crippen molar-refractivity contribution in [1.82, 2.24) is 5.48 Å². The Morgan fingerprint density at radius 2 is 2.20 bits per heavy atom. The van der Waals surface area contributed by atoms with Gasteiger partial charge in [-0.3, -0.25) is 9.63 Å². The van der Waals surface area contributed by atoms with E-state index < -0.39 is 0 Å². The first-order chi connectivity index (χ1) is 9.47. The second-order valence-electron chi connectivity index (χ2n) is 4.85. The molecule has 0 heterocycles. The number of amides is 1. The van der Waals surface area contributed by atoms with E-state index in [2.05, 4.69) is 29.5 Å². The van der Waals surface area contributed by atoms with Crippen LogP contribution in [0.4, 0.5) is 5.69 Å². The van der Waals surface area contributed by atoms with Crippen LogP contribution in [-0.2, 0) is 16.1 Å². The standard InChI is InChI=1S/C14H20ClN3O2/c1-9(2)8-17-14-10(6-13(19)18-20-3)4-12(15)5-11(14)7-16/h4-5,7,9,16-17H,6,8H2,1-3H3,(H,18,19). The number of hydrogen-bond donors (Lipinski definition) is 3. The zero-order chi connectivity index (χ0) is 15.1. The van der Waals surface area contributed by atoms with E-state index in [1.807, 2.05) is 0 Å². The zero-order valence-electron chi connectivity index (χ0n) is 11.9. The van der Waals surface area contributed by atoms with Crippen LogP contribution in [0.5, 0.6) is 0 Å². The Bertz CT molecular complexity index is 490. The summed E-state index contributed by atoms with van der Waals surface area (Å²) in [6, 6.07) is 3.43. The lowest BCUT2D eigenvalue weighted by atomic mass is 10.0. The second-order valence-corrected chi connectivity index (χ2v) is 5.29. The van der Waals surface area contributed by atoms with Gasteiger partial charge in [0.1, 0.15) is 0 Å². The maximum Gasteiger partial charge on any atom is 0.248 e. The Hall–Kier alpha value is -1.59. The molecule has 0 saturated heterocycles. The molecule has 0 fully saturated rings. The topological polar surface area (TPSA) is 74.2 Å². The molecule has 0 unspecified atom stereocenters. The molecule has 1 aromatic carbocycles. The van der Waals surface area contributed by atoms with E-state index in [1.54, 1.807) is 12.1 Å². The number of anilines is 1. The third-order valence-corrected chi connectivity index (χ3v) is 2.84. The quantitative estimate of drug-likeness (QED) is 0.535. The first kappa shape index (κ1) is 16.5. The highest BCUT2D eigenvalue weighted by atomic mass is 35.5. The van der Waals surface area contributed by atoms with E-state index in [-0.39, 0.29) is 12.3 Å². The van der Waals surface area contributed by atoms with Crippen LogP contribution in [0, 0.1) is 11.3 Å². The largest absolute Gasteiger partial charge is 0.384 e. The van der Waals surface area contributed by atoms with E-state index in [9.17, 15) is 4.79 Å². The van der Waals surface area contributed by atoms with Gasteiger partial charge >= 0.3 is 0 Å². The van der Waals surface area contributed by atoms with E-state index in [1.165, 1.54) is 13.3 Å². The van der Waals surface area contributed by atoms with Gasteiger partial charge in [0.2, 0.25) is 5.91 Å². The van der Waals surface area contributed by atoms with Crippen molar-refractivity contribution in [3.63, 3.8) is 0 Å². The van der Waals surface area contributed by atoms with Gasteiger partial charge in [-0.05, 0) is 23.6 Å². The highest BCUT2D eigenvalue weighted by Gasteiger charge is 2.13. The normalized spacial score (nSPS) is 10.4. The van der Waals surface area contributed by atoms with Crippen LogP contribution in [0.1, 0.15) is 25.0 Å². The number of benzene rings is 1. The molecule has 0 aliphatic heterocycles. The molecule has 6 heteroatoms. The minimum absolute atomic E-state index is 0.135. The van der Waals surface area contributed by atoms with Gasteiger partial charge in [-0.2, -0.15) is 0 Å². The summed E-state index contributed by atoms with van der Waals surface area (Å²) in [5.41, 5.74) is 4.45. The van der Waals surface area contributed by atoms with Crippen molar-refractivity contribution >= 4 is 29.4 Å². The molecule has 0 spiro atoms. The van der Waals surface area contributed by atoms with Crippen molar-refractivity contribution in [2.75, 3.05) is 19.0 Å². The van der Waals surface area contributed by atoms with Gasteiger partial charge in [0.25, 0.3) is 0 Å². The zero-order valence-corrected chi connectivity index (χ0v) is 12.7. The average Bonchev–Trinajstić information content (AvgIpc) is 2.36. The first-order valence-corrected chi connectivity index (χ1v) is 6.74. The SMILES string of the molecule is CONC(=O)Cc1cc(Cl)cc(C=N)c1NCC(C)C. The number of carbonyl (C=O) groups is 1. The molecule has 0 bridgehead atoms. The van der Waals surface area contributed by atoms with Crippen molar-refractivity contribution in [1.29, 1.82) is 5.41 Å². The number of nitrogens with one attached hydrogen (secondary N) is 3. The molecule has 1 aromatic rings. The lowest BCUT2D eigenvalue weighted by molar-refractivity contribution is -0.130. The summed E-state index contributed by atoms with van der Waals surface area (Å²) in [7, 11) is 1.39. The number of rotatable bonds is 7. The van der Waals surface area contributed by atoms with Gasteiger partial charge in [-0.15, -0.1) is 0 Å². The van der Waals surface area contributed by atoms with Crippen molar-refractivity contribution in [2.24, 2.45) is 5.92 Å². The lowest BCUT2D eigenvalue weighted by Gasteiger charge is -2.16. The van der Waals surface area contributed by atoms with E-state index in [0.717, 1.165) is 17.8 Å². The fourth-order valence-electron chi connectivity index (χ4n) is 1.78. The predicted molar refractivity (Wildman–Crippen MR) is 81.5 cm³/mol. The molecule has 0 aliphatic rings. The molecule has 0 saturated carbocycles. The number of halogens is 1. The summed E-state index contributed by atoms with van der Waals surface area (Å²) < 4.78 is 0. The van der Waals surface area contributed by atoms with Crippen LogP contribution < -0.4 is 10.8 Å². The molecular formula is C14H20ClN3O2. The number of hydroxylamine groups is 1. The third-order valence-electron chi connectivity index (χ3n) is 2.62. The van der Waals surface area contributed by atoms with Gasteiger partial charge in [0, 0.05) is 29.0 Å². The van der Waals surface area contributed by atoms with Gasteiger partial charge in [0.15, 0.2) is 0 Å². The van der Waals surface area contributed by atoms with Crippen LogP contribution in [0.3, 0.4) is 0 Å². The highest BCUT2D eigenvalue weighted by Crippen LogP contribution is 2.26. The Morgan fingerprint density at radius 3 is 2.75 bits per heavy atom. The summed E-state index contributed by atoms with van der Waals surface area (Å²) >= 11 is 6.03. The first-order valence-electron chi connectivity index (χ1n) is 6.36. The van der Waals surface area contributed by atoms with Crippen LogP contribution in [-0.4, -0.2) is 25.8 Å². The van der Waals surface area contributed by atoms with Gasteiger partial charge in [-0.1, -0.05) is 25.4 Å². The third kappa shape index (κ3) is 4.83. The van der Waals surface area contributed by atoms with Crippen LogP contribution in [0.25, 0.3) is 0 Å². The van der Waals surface area contributed by atoms with Crippen LogP contribution >= 0.6 is 11.6 Å². The van der Waals surface area contributed by atoms with E-state index >= 15 is 0 Å². The second kappa shape index (κ2) is 7.87. The lowest BCUT2D eigenvalue weighted by Crippen LogP contribution is -2.24. The molecule has 0 aromatic heterocycles. The molecule has 20 heavy (non-hydrogen) atoms. The Balaban J connectivity index is 3.07. The predicted octanol–water partition coefficient (Wildman–Crippen LogP) is 2.63. The molecule has 0 aliphatic carbocycles. The van der Waals surface area contributed by atoms with Crippen molar-refractivity contribution < 1.29 is 9.63 Å². The van der Waals surface area contributed by atoms with Crippen molar-refractivity contribution in [3.05, 3.63) is 28.3 Å². The maximum absolute atomic E-state index is 11.6. The number of carbonyl (C=O) groups excluding carboxylic acids is 1. The van der Waals surface area contributed by atoms with E-state index in [0.29, 0.717) is 16.5 Å². The number of hydrogen-bond acceptors (Lipinski definition) is 4. The summed E-state index contributed by atoms with van der Waals surface area (Å²) in [5.74, 6) is 0.184. The van der Waals surface area contributed by atoms with Gasteiger partial charge < -0.3 is 10.7 Å². The molecule has 1 amide bonds. The smallest absolute Gasteiger partial charge is 0.248 e. The molecule has 5 nitrogen and oxygen atoms in total. The Kier molecular flexibility index (Phi) is 6.48. The van der Waals surface area contributed by atoms with Crippen LogP contribution in [0.2, 0.25) is 5.02 Å². The fraction of sp³-hybridized carbons (Fsp3) is 0.429. The minimum atomic E-state index is -0.265. The fourth-order valence-corrected chi connectivity index (χ4v) is 2.03. The molecule has 0 atom stereocenters. The van der Waals surface area contributed by atoms with Crippen molar-refractivity contribution in [2.45, 2.75) is 20.3 Å². The summed E-state index contributed by atoms with van der Waals surface area (Å²) in [5, 5.41) is 11.3. The van der Waals surface area contributed by atoms with Gasteiger partial charge in [0.05, 0.1) is 13.5 Å². The molecule has 3 N–H and O–H groups in total. The molecule has 1 rings (SSSR count). The van der Waals surface area contributed by atoms with Gasteiger partial charge in [-0.25, -0.2) is 5.48 Å². The highest BCUT2D eigenvalue weighted by molar-refractivity contribution is 6.31. The molecule has 0 radical (unpaired) electrons. The average molecular weight is 298 g/mol. The van der Waals surface area contributed by atoms with Crippen molar-refractivity contribution in [3.8, 4) is 0 Å². The maximum atomic E-state index is 11.6. The monoisotopic (exact) mass is 297 g/mol. The Labute approximate surface area is 124 Å². The summed E-state index contributed by atoms with van der Waals surface area (Å²) in [6.07, 6.45) is 1.36. The molecular weight excluding hydrogens is 278 g/mol. The van der Waals surface area contributed by atoms with E-state index in [4.69, 9.17) is 17.0 Å². The molecule has 110 valence electrons. The summed E-state index contributed by atoms with van der Waals surface area (Å²) in [4.78, 5) is 16.3. The minimum Gasteiger partial charge on any atom is -0.384 e. The van der Waals surface area contributed by atoms with Crippen LogP contribution in [0.15, 0.2) is 12.1 Å². The summed E-state index contributed by atoms with van der Waals surface area (Å²) in [6.45, 7) is 4.93. The Morgan fingerprint density at radius 1 is 1.50 bits per heavy atom.